The lowest BCUT2D eigenvalue weighted by atomic mass is 10.1. The fourth-order valence-electron chi connectivity index (χ4n) is 1.75. The molecule has 0 saturated carbocycles. The number of rotatable bonds is 1. The summed E-state index contributed by atoms with van der Waals surface area (Å²) in [7, 11) is 1.97. The van der Waals surface area contributed by atoms with Crippen LogP contribution < -0.4 is 0 Å². The minimum Gasteiger partial charge on any atom is -0.468 e. The van der Waals surface area contributed by atoms with Gasteiger partial charge in [0.15, 0.2) is 0 Å². The van der Waals surface area contributed by atoms with Crippen LogP contribution in [0.25, 0.3) is 0 Å². The van der Waals surface area contributed by atoms with E-state index >= 15 is 0 Å². The fraction of sp³-hybridized carbons (Fsp3) is 0.417. The van der Waals surface area contributed by atoms with E-state index in [1.54, 1.807) is 0 Å². The molecule has 0 aliphatic carbocycles. The van der Waals surface area contributed by atoms with Crippen LogP contribution >= 0.6 is 0 Å². The summed E-state index contributed by atoms with van der Waals surface area (Å²) < 4.78 is 5.84. The Hall–Kier alpha value is -1.51. The van der Waals surface area contributed by atoms with Gasteiger partial charge in [-0.1, -0.05) is 18.2 Å². The van der Waals surface area contributed by atoms with E-state index in [-0.39, 0.29) is 5.60 Å². The van der Waals surface area contributed by atoms with Crippen molar-refractivity contribution in [1.82, 2.24) is 5.01 Å². The van der Waals surface area contributed by atoms with Gasteiger partial charge in [-0.2, -0.15) is 0 Å². The minimum atomic E-state index is -0.179. The van der Waals surface area contributed by atoms with Crippen LogP contribution in [0, 0.1) is 0 Å². The first-order valence-electron chi connectivity index (χ1n) is 5.11. The van der Waals surface area contributed by atoms with Gasteiger partial charge in [-0.05, 0) is 26.0 Å². The molecule has 2 rings (SSSR count). The van der Waals surface area contributed by atoms with E-state index in [2.05, 4.69) is 18.9 Å². The Morgan fingerprint density at radius 2 is 1.93 bits per heavy atom. The zero-order valence-corrected chi connectivity index (χ0v) is 9.40. The van der Waals surface area contributed by atoms with Crippen molar-refractivity contribution < 1.29 is 4.74 Å². The van der Waals surface area contributed by atoms with Crippen LogP contribution in [0.4, 0.5) is 0 Å². The van der Waals surface area contributed by atoms with Crippen molar-refractivity contribution in [3.63, 3.8) is 0 Å². The molecule has 0 aromatic heterocycles. The third kappa shape index (κ3) is 2.29. The highest BCUT2D eigenvalue weighted by Gasteiger charge is 2.28. The summed E-state index contributed by atoms with van der Waals surface area (Å²) in [5, 5.41) is 6.30. The predicted octanol–water partition coefficient (Wildman–Crippen LogP) is 2.09. The number of nitrogens with zero attached hydrogens (tertiary/aromatic N) is 2. The maximum absolute atomic E-state index is 5.84. The van der Waals surface area contributed by atoms with Crippen molar-refractivity contribution in [1.29, 1.82) is 0 Å². The minimum absolute atomic E-state index is 0.179. The largest absolute Gasteiger partial charge is 0.468 e. The number of likely N-dealkylation sites (N-methyl/N-ethyl adjacent to an activating group) is 1. The number of hydrogen-bond donors (Lipinski definition) is 0. The summed E-state index contributed by atoms with van der Waals surface area (Å²) in [4.78, 5) is 0. The lowest BCUT2D eigenvalue weighted by Gasteiger charge is -2.35. The van der Waals surface area contributed by atoms with Crippen LogP contribution in [0.3, 0.4) is 0 Å². The van der Waals surface area contributed by atoms with Gasteiger partial charge in [0.05, 0.1) is 6.54 Å². The molecular formula is C12H16N2O. The van der Waals surface area contributed by atoms with E-state index in [9.17, 15) is 0 Å². The van der Waals surface area contributed by atoms with Crippen LogP contribution in [-0.2, 0) is 4.74 Å². The van der Waals surface area contributed by atoms with Gasteiger partial charge < -0.3 is 4.74 Å². The number of ether oxygens (including phenoxy) is 1. The smallest absolute Gasteiger partial charge is 0.238 e. The molecule has 0 amide bonds. The molecule has 0 saturated heterocycles. The molecule has 1 aromatic carbocycles. The van der Waals surface area contributed by atoms with Gasteiger partial charge in [0.25, 0.3) is 0 Å². The first kappa shape index (κ1) is 10.0. The van der Waals surface area contributed by atoms with Crippen molar-refractivity contribution in [3.8, 4) is 0 Å². The van der Waals surface area contributed by atoms with Gasteiger partial charge in [-0.25, -0.2) is 0 Å². The summed E-state index contributed by atoms with van der Waals surface area (Å²) >= 11 is 0. The second-order valence-electron chi connectivity index (χ2n) is 4.45. The Labute approximate surface area is 90.4 Å². The van der Waals surface area contributed by atoms with Crippen molar-refractivity contribution in [2.45, 2.75) is 19.4 Å². The first-order valence-corrected chi connectivity index (χ1v) is 5.11. The molecule has 1 aromatic rings. The number of benzene rings is 1. The second-order valence-corrected chi connectivity index (χ2v) is 4.45. The van der Waals surface area contributed by atoms with Gasteiger partial charge in [-0.3, -0.25) is 5.01 Å². The predicted molar refractivity (Wildman–Crippen MR) is 60.8 cm³/mol. The summed E-state index contributed by atoms with van der Waals surface area (Å²) in [6.45, 7) is 4.95. The molecule has 0 radical (unpaired) electrons. The van der Waals surface area contributed by atoms with Gasteiger partial charge >= 0.3 is 0 Å². The summed E-state index contributed by atoms with van der Waals surface area (Å²) in [6.07, 6.45) is 0. The van der Waals surface area contributed by atoms with Crippen molar-refractivity contribution in [3.05, 3.63) is 35.9 Å². The molecule has 0 spiro atoms. The molecule has 0 fully saturated rings. The van der Waals surface area contributed by atoms with Crippen molar-refractivity contribution >= 4 is 5.90 Å². The van der Waals surface area contributed by atoms with Crippen LogP contribution in [0.1, 0.15) is 19.4 Å². The summed E-state index contributed by atoms with van der Waals surface area (Å²) in [5.41, 5.74) is 0.846. The molecule has 1 heterocycles. The topological polar surface area (TPSA) is 24.8 Å². The molecule has 0 atom stereocenters. The second kappa shape index (κ2) is 3.57. The van der Waals surface area contributed by atoms with Crippen LogP contribution in [0.2, 0.25) is 0 Å². The average molecular weight is 204 g/mol. The molecule has 1 aliphatic heterocycles. The third-order valence-corrected chi connectivity index (χ3v) is 2.26. The first-order chi connectivity index (χ1) is 7.07. The van der Waals surface area contributed by atoms with Crippen molar-refractivity contribution in [2.75, 3.05) is 13.6 Å². The molecular weight excluding hydrogens is 188 g/mol. The Kier molecular flexibility index (Phi) is 2.39. The van der Waals surface area contributed by atoms with E-state index < -0.39 is 0 Å². The maximum atomic E-state index is 5.84. The normalized spacial score (nSPS) is 19.4. The van der Waals surface area contributed by atoms with Crippen LogP contribution in [0.5, 0.6) is 0 Å². The van der Waals surface area contributed by atoms with E-state index in [1.165, 1.54) is 0 Å². The van der Waals surface area contributed by atoms with E-state index in [4.69, 9.17) is 4.74 Å². The highest BCUT2D eigenvalue weighted by Crippen LogP contribution is 2.19. The quantitative estimate of drug-likeness (QED) is 0.699. The SMILES string of the molecule is CN1CC(C)(C)OC(c2ccccc2)=N1. The Morgan fingerprint density at radius 1 is 1.27 bits per heavy atom. The van der Waals surface area contributed by atoms with Gasteiger partial charge in [0.1, 0.15) is 5.60 Å². The zero-order chi connectivity index (χ0) is 10.9. The van der Waals surface area contributed by atoms with E-state index in [0.717, 1.165) is 12.1 Å². The molecule has 0 N–H and O–H groups in total. The number of hydrogen-bond acceptors (Lipinski definition) is 3. The average Bonchev–Trinajstić information content (AvgIpc) is 2.16. The standard InChI is InChI=1S/C12H16N2O/c1-12(2)9-14(3)13-11(15-12)10-7-5-4-6-8-10/h4-8H,9H2,1-3H3. The molecule has 0 unspecified atom stereocenters. The van der Waals surface area contributed by atoms with Crippen LogP contribution in [-0.4, -0.2) is 30.1 Å². The highest BCUT2D eigenvalue weighted by molar-refractivity contribution is 5.94. The molecule has 1 aliphatic rings. The Morgan fingerprint density at radius 3 is 2.53 bits per heavy atom. The zero-order valence-electron chi connectivity index (χ0n) is 9.40. The third-order valence-electron chi connectivity index (χ3n) is 2.26. The molecule has 15 heavy (non-hydrogen) atoms. The highest BCUT2D eigenvalue weighted by atomic mass is 16.5. The lowest BCUT2D eigenvalue weighted by molar-refractivity contribution is 0.0324. The lowest BCUT2D eigenvalue weighted by Crippen LogP contribution is -2.43. The van der Waals surface area contributed by atoms with E-state index in [0.29, 0.717) is 5.90 Å². The Bertz CT molecular complexity index is 370. The fourth-order valence-corrected chi connectivity index (χ4v) is 1.75. The molecule has 0 bridgehead atoms. The molecule has 80 valence electrons. The van der Waals surface area contributed by atoms with Gasteiger partial charge in [-0.15, -0.1) is 5.10 Å². The molecule has 3 heteroatoms. The Balaban J connectivity index is 2.30. The van der Waals surface area contributed by atoms with Crippen LogP contribution in [0.15, 0.2) is 35.4 Å². The summed E-state index contributed by atoms with van der Waals surface area (Å²) in [6, 6.07) is 9.98. The number of hydrazone groups is 1. The summed E-state index contributed by atoms with van der Waals surface area (Å²) in [5.74, 6) is 0.703. The van der Waals surface area contributed by atoms with Crippen molar-refractivity contribution in [2.24, 2.45) is 5.10 Å². The van der Waals surface area contributed by atoms with Gasteiger partial charge in [0.2, 0.25) is 5.90 Å². The van der Waals surface area contributed by atoms with E-state index in [1.807, 2.05) is 42.4 Å². The van der Waals surface area contributed by atoms with Gasteiger partial charge in [0, 0.05) is 12.6 Å². The molecule has 3 nitrogen and oxygen atoms in total. The monoisotopic (exact) mass is 204 g/mol. The maximum Gasteiger partial charge on any atom is 0.238 e.